The van der Waals surface area contributed by atoms with Gasteiger partial charge < -0.3 is 20.8 Å². The Hall–Kier alpha value is -1.71. The summed E-state index contributed by atoms with van der Waals surface area (Å²) in [7, 11) is 0.382. The highest BCUT2D eigenvalue weighted by molar-refractivity contribution is 7.89. The molecule has 2 aromatic carbocycles. The number of nitrogens with one attached hydrogen (secondary N) is 1. The fourth-order valence-corrected chi connectivity index (χ4v) is 6.40. The van der Waals surface area contributed by atoms with E-state index in [9.17, 15) is 18.6 Å². The molecule has 5 N–H and O–H groups in total. The van der Waals surface area contributed by atoms with Crippen LogP contribution in [-0.2, 0) is 10.0 Å². The van der Waals surface area contributed by atoms with Gasteiger partial charge in [0.25, 0.3) is 0 Å². The molecule has 0 spiro atoms. The molecule has 0 heterocycles. The zero-order chi connectivity index (χ0) is 28.6. The molecule has 0 bridgehead atoms. The third kappa shape index (κ3) is 11.7. The fourth-order valence-electron chi connectivity index (χ4n) is 5.10. The Morgan fingerprint density at radius 1 is 0.718 bits per heavy atom. The predicted molar refractivity (Wildman–Crippen MR) is 164 cm³/mol. The fraction of sp³-hybridized carbons (Fsp3) is 0.677. The number of unbranched alkanes of at least 4 members (excludes halogenated alkanes) is 13. The Balaban J connectivity index is 1.49. The molecule has 8 heteroatoms. The van der Waals surface area contributed by atoms with Crippen molar-refractivity contribution in [3.63, 3.8) is 0 Å². The minimum Gasteiger partial charge on any atom is -0.394 e. The molecule has 0 aliphatic heterocycles. The van der Waals surface area contributed by atoms with Gasteiger partial charge in [-0.2, -0.15) is 0 Å². The van der Waals surface area contributed by atoms with Gasteiger partial charge in [-0.1, -0.05) is 108 Å². The SMILES string of the molecule is CN(C)c1cccc2c(S(=O)(=O)NCCCCCCCCCCCCCCCCC(N)(CO)CO)cccc12. The second kappa shape index (κ2) is 17.9. The summed E-state index contributed by atoms with van der Waals surface area (Å²) in [6, 6.07) is 11.3. The number of benzene rings is 2. The number of anilines is 1. The lowest BCUT2D eigenvalue weighted by molar-refractivity contribution is 0.112. The topological polar surface area (TPSA) is 116 Å². The lowest BCUT2D eigenvalue weighted by atomic mass is 9.94. The molecule has 0 radical (unpaired) electrons. The third-order valence-corrected chi connectivity index (χ3v) is 9.17. The van der Waals surface area contributed by atoms with Gasteiger partial charge in [0.2, 0.25) is 10.0 Å². The minimum absolute atomic E-state index is 0.157. The standard InChI is InChI=1S/C31H53N3O4S/c1-34(2)29-21-17-20-28-27(29)19-18-22-30(28)39(37,38)33-24-16-14-12-10-8-6-4-3-5-7-9-11-13-15-23-31(32,25-35)26-36/h17-22,33,35-36H,3-16,23-26,32H2,1-2H3. The average molecular weight is 564 g/mol. The molecule has 0 unspecified atom stereocenters. The van der Waals surface area contributed by atoms with E-state index in [1.54, 1.807) is 6.07 Å². The molecule has 0 amide bonds. The molecule has 0 saturated heterocycles. The number of hydrogen-bond acceptors (Lipinski definition) is 6. The van der Waals surface area contributed by atoms with Crippen LogP contribution in [0.4, 0.5) is 5.69 Å². The Labute approximate surface area is 237 Å². The molecule has 39 heavy (non-hydrogen) atoms. The molecule has 0 atom stereocenters. The van der Waals surface area contributed by atoms with Crippen LogP contribution < -0.4 is 15.4 Å². The van der Waals surface area contributed by atoms with Gasteiger partial charge in [-0.25, -0.2) is 13.1 Å². The van der Waals surface area contributed by atoms with Gasteiger partial charge in [-0.3, -0.25) is 0 Å². The lowest BCUT2D eigenvalue weighted by Crippen LogP contribution is -2.47. The average Bonchev–Trinajstić information content (AvgIpc) is 2.93. The first-order valence-corrected chi connectivity index (χ1v) is 16.4. The smallest absolute Gasteiger partial charge is 0.241 e. The van der Waals surface area contributed by atoms with E-state index >= 15 is 0 Å². The highest BCUT2D eigenvalue weighted by Gasteiger charge is 2.22. The molecule has 0 aliphatic rings. The maximum atomic E-state index is 13.0. The maximum absolute atomic E-state index is 13.0. The van der Waals surface area contributed by atoms with Crippen LogP contribution in [0.2, 0.25) is 0 Å². The molecule has 0 saturated carbocycles. The van der Waals surface area contributed by atoms with Crippen molar-refractivity contribution in [2.45, 2.75) is 107 Å². The summed E-state index contributed by atoms with van der Waals surface area (Å²) in [6.07, 6.45) is 17.2. The summed E-state index contributed by atoms with van der Waals surface area (Å²) >= 11 is 0. The van der Waals surface area contributed by atoms with Crippen molar-refractivity contribution >= 4 is 26.5 Å². The van der Waals surface area contributed by atoms with Crippen molar-refractivity contribution in [2.24, 2.45) is 5.73 Å². The Morgan fingerprint density at radius 3 is 1.69 bits per heavy atom. The quantitative estimate of drug-likeness (QED) is 0.136. The Kier molecular flexibility index (Phi) is 15.3. The van der Waals surface area contributed by atoms with E-state index in [1.807, 2.05) is 49.3 Å². The van der Waals surface area contributed by atoms with E-state index in [-0.39, 0.29) is 13.2 Å². The maximum Gasteiger partial charge on any atom is 0.241 e. The van der Waals surface area contributed by atoms with Gasteiger partial charge in [0.05, 0.1) is 23.6 Å². The van der Waals surface area contributed by atoms with Crippen molar-refractivity contribution in [3.05, 3.63) is 36.4 Å². The number of fused-ring (bicyclic) bond motifs is 1. The van der Waals surface area contributed by atoms with Gasteiger partial charge in [-0.05, 0) is 25.0 Å². The van der Waals surface area contributed by atoms with Gasteiger partial charge in [0, 0.05) is 37.1 Å². The number of nitrogens with zero attached hydrogens (tertiary/aromatic N) is 1. The van der Waals surface area contributed by atoms with E-state index in [4.69, 9.17) is 5.73 Å². The monoisotopic (exact) mass is 563 g/mol. The zero-order valence-corrected chi connectivity index (χ0v) is 25.2. The van der Waals surface area contributed by atoms with Crippen LogP contribution in [-0.4, -0.2) is 58.0 Å². The van der Waals surface area contributed by atoms with Crippen molar-refractivity contribution in [1.29, 1.82) is 0 Å². The van der Waals surface area contributed by atoms with E-state index in [2.05, 4.69) is 4.72 Å². The van der Waals surface area contributed by atoms with Crippen molar-refractivity contribution < 1.29 is 18.6 Å². The number of nitrogens with two attached hydrogens (primary N) is 1. The molecule has 0 aliphatic carbocycles. The number of aliphatic hydroxyl groups excluding tert-OH is 2. The van der Waals surface area contributed by atoms with Gasteiger partial charge in [0.15, 0.2) is 0 Å². The third-order valence-electron chi connectivity index (χ3n) is 7.65. The Morgan fingerprint density at radius 2 is 1.18 bits per heavy atom. The molecule has 0 fully saturated rings. The first kappa shape index (κ1) is 33.5. The van der Waals surface area contributed by atoms with Crippen molar-refractivity contribution in [1.82, 2.24) is 4.72 Å². The summed E-state index contributed by atoms with van der Waals surface area (Å²) < 4.78 is 28.8. The lowest BCUT2D eigenvalue weighted by Gasteiger charge is -2.24. The van der Waals surface area contributed by atoms with Crippen LogP contribution in [0.3, 0.4) is 0 Å². The summed E-state index contributed by atoms with van der Waals surface area (Å²) in [6.45, 7) is 0.161. The molecular formula is C31H53N3O4S. The molecular weight excluding hydrogens is 510 g/mol. The number of rotatable bonds is 22. The highest BCUT2D eigenvalue weighted by Crippen LogP contribution is 2.30. The van der Waals surface area contributed by atoms with Gasteiger partial charge in [-0.15, -0.1) is 0 Å². The molecule has 2 aromatic rings. The van der Waals surface area contributed by atoms with E-state index in [0.717, 1.165) is 48.6 Å². The zero-order valence-electron chi connectivity index (χ0n) is 24.3. The van der Waals surface area contributed by atoms with Crippen molar-refractivity contribution in [3.8, 4) is 0 Å². The number of aliphatic hydroxyl groups is 2. The van der Waals surface area contributed by atoms with Crippen LogP contribution in [0.1, 0.15) is 96.3 Å². The minimum atomic E-state index is -3.55. The predicted octanol–water partition coefficient (Wildman–Crippen LogP) is 5.72. The molecule has 2 rings (SSSR count). The molecule has 222 valence electrons. The van der Waals surface area contributed by atoms with E-state index in [0.29, 0.717) is 17.9 Å². The van der Waals surface area contributed by atoms with Crippen LogP contribution in [0, 0.1) is 0 Å². The van der Waals surface area contributed by atoms with Crippen LogP contribution in [0.5, 0.6) is 0 Å². The summed E-state index contributed by atoms with van der Waals surface area (Å²) in [5.74, 6) is 0. The Bertz CT molecular complexity index is 1050. The van der Waals surface area contributed by atoms with E-state index < -0.39 is 15.6 Å². The number of sulfonamides is 1. The second-order valence-electron chi connectivity index (χ2n) is 11.3. The van der Waals surface area contributed by atoms with Gasteiger partial charge >= 0.3 is 0 Å². The number of hydrogen-bond donors (Lipinski definition) is 4. The second-order valence-corrected chi connectivity index (χ2v) is 13.0. The molecule has 7 nitrogen and oxygen atoms in total. The summed E-state index contributed by atoms with van der Waals surface area (Å²) in [5, 5.41) is 20.1. The molecule has 0 aromatic heterocycles. The highest BCUT2D eigenvalue weighted by atomic mass is 32.2. The van der Waals surface area contributed by atoms with Crippen molar-refractivity contribution in [2.75, 3.05) is 38.8 Å². The largest absolute Gasteiger partial charge is 0.394 e. The summed E-state index contributed by atoms with van der Waals surface area (Å²) in [5.41, 5.74) is 6.09. The van der Waals surface area contributed by atoms with E-state index in [1.165, 1.54) is 57.8 Å². The van der Waals surface area contributed by atoms with Crippen LogP contribution in [0.25, 0.3) is 10.8 Å². The van der Waals surface area contributed by atoms with Crippen LogP contribution in [0.15, 0.2) is 41.3 Å². The first-order valence-electron chi connectivity index (χ1n) is 14.9. The summed E-state index contributed by atoms with van der Waals surface area (Å²) in [4.78, 5) is 2.35. The van der Waals surface area contributed by atoms with Gasteiger partial charge in [0.1, 0.15) is 0 Å². The van der Waals surface area contributed by atoms with Crippen LogP contribution >= 0.6 is 0 Å². The normalized spacial score (nSPS) is 12.3. The first-order chi connectivity index (χ1) is 18.7.